The number of carboxylic acid groups (broad SMARTS) is 1. The third kappa shape index (κ3) is 3.17. The van der Waals surface area contributed by atoms with Crippen LogP contribution >= 0.6 is 11.8 Å². The Bertz CT molecular complexity index is 203. The Morgan fingerprint density at radius 1 is 1.92 bits per heavy atom. The zero-order chi connectivity index (χ0) is 8.97. The standard InChI is InChI=1S/C8H13NO2S/c1-6-2-3-7(12-6)9-5-4-8(10)11/h3,6,9H,2,4-5H2,1H3,(H,10,11). The van der Waals surface area contributed by atoms with E-state index in [4.69, 9.17) is 5.11 Å². The highest BCUT2D eigenvalue weighted by atomic mass is 32.2. The smallest absolute Gasteiger partial charge is 0.305 e. The largest absolute Gasteiger partial charge is 0.481 e. The molecule has 1 rings (SSSR count). The van der Waals surface area contributed by atoms with E-state index >= 15 is 0 Å². The summed E-state index contributed by atoms with van der Waals surface area (Å²) in [4.78, 5) is 10.2. The molecule has 1 atom stereocenters. The molecule has 12 heavy (non-hydrogen) atoms. The van der Waals surface area contributed by atoms with E-state index in [2.05, 4.69) is 18.3 Å². The molecule has 1 aliphatic heterocycles. The summed E-state index contributed by atoms with van der Waals surface area (Å²) in [6.45, 7) is 2.69. The Morgan fingerprint density at radius 2 is 2.67 bits per heavy atom. The van der Waals surface area contributed by atoms with Crippen LogP contribution in [-0.4, -0.2) is 22.9 Å². The van der Waals surface area contributed by atoms with Gasteiger partial charge in [-0.25, -0.2) is 0 Å². The maximum absolute atomic E-state index is 10.2. The molecule has 0 aromatic rings. The maximum atomic E-state index is 10.2. The van der Waals surface area contributed by atoms with Crippen LogP contribution in [0, 0.1) is 0 Å². The van der Waals surface area contributed by atoms with Gasteiger partial charge in [-0.05, 0) is 6.42 Å². The van der Waals surface area contributed by atoms with Gasteiger partial charge in [-0.2, -0.15) is 0 Å². The van der Waals surface area contributed by atoms with Crippen molar-refractivity contribution in [3.63, 3.8) is 0 Å². The van der Waals surface area contributed by atoms with Gasteiger partial charge >= 0.3 is 5.97 Å². The van der Waals surface area contributed by atoms with Gasteiger partial charge in [0.25, 0.3) is 0 Å². The second-order valence-corrected chi connectivity index (χ2v) is 4.28. The van der Waals surface area contributed by atoms with Crippen molar-refractivity contribution in [2.24, 2.45) is 0 Å². The Morgan fingerprint density at radius 3 is 3.17 bits per heavy atom. The minimum atomic E-state index is -0.751. The molecular formula is C8H13NO2S. The van der Waals surface area contributed by atoms with E-state index in [1.54, 1.807) is 11.8 Å². The zero-order valence-corrected chi connectivity index (χ0v) is 7.86. The molecule has 1 heterocycles. The van der Waals surface area contributed by atoms with Gasteiger partial charge in [0.1, 0.15) is 0 Å². The fourth-order valence-electron chi connectivity index (χ4n) is 0.992. The van der Waals surface area contributed by atoms with Crippen LogP contribution in [-0.2, 0) is 4.79 Å². The molecule has 0 radical (unpaired) electrons. The molecule has 2 N–H and O–H groups in total. The van der Waals surface area contributed by atoms with Crippen molar-refractivity contribution >= 4 is 17.7 Å². The van der Waals surface area contributed by atoms with Gasteiger partial charge in [0, 0.05) is 11.8 Å². The van der Waals surface area contributed by atoms with Gasteiger partial charge in [-0.15, -0.1) is 11.8 Å². The number of nitrogens with one attached hydrogen (secondary N) is 1. The van der Waals surface area contributed by atoms with Crippen LogP contribution in [0.4, 0.5) is 0 Å². The third-order valence-corrected chi connectivity index (χ3v) is 2.76. The van der Waals surface area contributed by atoms with E-state index in [9.17, 15) is 4.79 Å². The summed E-state index contributed by atoms with van der Waals surface area (Å²) >= 11 is 1.77. The fourth-order valence-corrected chi connectivity index (χ4v) is 2.00. The van der Waals surface area contributed by atoms with Crippen LogP contribution in [0.15, 0.2) is 11.1 Å². The second-order valence-electron chi connectivity index (χ2n) is 2.80. The van der Waals surface area contributed by atoms with Crippen LogP contribution < -0.4 is 5.32 Å². The van der Waals surface area contributed by atoms with E-state index in [1.807, 2.05) is 0 Å². The first-order valence-corrected chi connectivity index (χ1v) is 4.89. The second kappa shape index (κ2) is 4.40. The molecule has 0 saturated carbocycles. The van der Waals surface area contributed by atoms with Crippen LogP contribution in [0.2, 0.25) is 0 Å². The van der Waals surface area contributed by atoms with Gasteiger partial charge in [-0.3, -0.25) is 4.79 Å². The highest BCUT2D eigenvalue weighted by Gasteiger charge is 2.12. The number of hydrogen-bond acceptors (Lipinski definition) is 3. The monoisotopic (exact) mass is 187 g/mol. The molecule has 0 spiro atoms. The van der Waals surface area contributed by atoms with Crippen molar-refractivity contribution in [2.75, 3.05) is 6.54 Å². The van der Waals surface area contributed by atoms with E-state index < -0.39 is 5.97 Å². The van der Waals surface area contributed by atoms with Crippen LogP contribution in [0.3, 0.4) is 0 Å². The molecule has 0 aromatic carbocycles. The fraction of sp³-hybridized carbons (Fsp3) is 0.625. The minimum Gasteiger partial charge on any atom is -0.481 e. The number of carbonyl (C=O) groups is 1. The summed E-state index contributed by atoms with van der Waals surface area (Å²) in [5, 5.41) is 13.2. The van der Waals surface area contributed by atoms with Crippen molar-refractivity contribution in [3.05, 3.63) is 11.1 Å². The van der Waals surface area contributed by atoms with Gasteiger partial charge in [-0.1, -0.05) is 13.0 Å². The maximum Gasteiger partial charge on any atom is 0.305 e. The Hall–Kier alpha value is -0.640. The summed E-state index contributed by atoms with van der Waals surface area (Å²) < 4.78 is 0. The number of carboxylic acids is 1. The Labute approximate surface area is 76.2 Å². The number of rotatable bonds is 4. The molecule has 68 valence electrons. The number of thioether (sulfide) groups is 1. The number of allylic oxidation sites excluding steroid dienone is 1. The normalized spacial score (nSPS) is 22.1. The SMILES string of the molecule is CC1CC=C(NCCC(=O)O)S1. The Kier molecular flexibility index (Phi) is 3.47. The molecule has 0 aliphatic carbocycles. The predicted octanol–water partition coefficient (Wildman–Crippen LogP) is 1.42. The van der Waals surface area contributed by atoms with E-state index in [0.29, 0.717) is 11.8 Å². The molecule has 1 aliphatic rings. The van der Waals surface area contributed by atoms with Gasteiger partial charge in [0.05, 0.1) is 11.4 Å². The molecular weight excluding hydrogens is 174 g/mol. The zero-order valence-electron chi connectivity index (χ0n) is 7.04. The van der Waals surface area contributed by atoms with Crippen molar-refractivity contribution in [2.45, 2.75) is 25.0 Å². The quantitative estimate of drug-likeness (QED) is 0.698. The first-order chi connectivity index (χ1) is 5.68. The van der Waals surface area contributed by atoms with Crippen molar-refractivity contribution in [3.8, 4) is 0 Å². The summed E-state index contributed by atoms with van der Waals surface area (Å²) in [6.07, 6.45) is 3.39. The summed E-state index contributed by atoms with van der Waals surface area (Å²) in [6, 6.07) is 0. The average Bonchev–Trinajstić information content (AvgIpc) is 2.35. The minimum absolute atomic E-state index is 0.187. The molecule has 4 heteroatoms. The average molecular weight is 187 g/mol. The lowest BCUT2D eigenvalue weighted by atomic mass is 10.3. The van der Waals surface area contributed by atoms with Gasteiger partial charge in [0.15, 0.2) is 0 Å². The highest BCUT2D eigenvalue weighted by Crippen LogP contribution is 2.29. The lowest BCUT2D eigenvalue weighted by Gasteiger charge is -2.05. The molecule has 0 saturated heterocycles. The first kappa shape index (κ1) is 9.45. The van der Waals surface area contributed by atoms with Gasteiger partial charge in [0.2, 0.25) is 0 Å². The molecule has 0 fully saturated rings. The van der Waals surface area contributed by atoms with E-state index in [0.717, 1.165) is 11.4 Å². The van der Waals surface area contributed by atoms with E-state index in [1.165, 1.54) is 0 Å². The van der Waals surface area contributed by atoms with Crippen molar-refractivity contribution < 1.29 is 9.90 Å². The van der Waals surface area contributed by atoms with Crippen molar-refractivity contribution in [1.82, 2.24) is 5.32 Å². The summed E-state index contributed by atoms with van der Waals surface area (Å²) in [7, 11) is 0. The first-order valence-electron chi connectivity index (χ1n) is 4.01. The molecule has 0 aromatic heterocycles. The topological polar surface area (TPSA) is 49.3 Å². The summed E-state index contributed by atoms with van der Waals surface area (Å²) in [5.74, 6) is -0.751. The summed E-state index contributed by atoms with van der Waals surface area (Å²) in [5.41, 5.74) is 0. The lowest BCUT2D eigenvalue weighted by Crippen LogP contribution is -2.15. The molecule has 0 amide bonds. The number of aliphatic carboxylic acids is 1. The Balaban J connectivity index is 2.12. The molecule has 1 unspecified atom stereocenters. The van der Waals surface area contributed by atoms with Crippen LogP contribution in [0.25, 0.3) is 0 Å². The van der Waals surface area contributed by atoms with E-state index in [-0.39, 0.29) is 6.42 Å². The number of hydrogen-bond donors (Lipinski definition) is 2. The molecule has 0 bridgehead atoms. The lowest BCUT2D eigenvalue weighted by molar-refractivity contribution is -0.136. The predicted molar refractivity (Wildman–Crippen MR) is 50.0 cm³/mol. The van der Waals surface area contributed by atoms with Gasteiger partial charge < -0.3 is 10.4 Å². The third-order valence-electron chi connectivity index (χ3n) is 1.60. The van der Waals surface area contributed by atoms with Crippen LogP contribution in [0.1, 0.15) is 19.8 Å². The highest BCUT2D eigenvalue weighted by molar-refractivity contribution is 8.03. The molecule has 3 nitrogen and oxygen atoms in total. The van der Waals surface area contributed by atoms with Crippen molar-refractivity contribution in [1.29, 1.82) is 0 Å². The van der Waals surface area contributed by atoms with Crippen LogP contribution in [0.5, 0.6) is 0 Å².